The van der Waals surface area contributed by atoms with Crippen molar-refractivity contribution in [3.8, 4) is 0 Å². The van der Waals surface area contributed by atoms with E-state index in [1.54, 1.807) is 0 Å². The number of anilines is 1. The van der Waals surface area contributed by atoms with Crippen LogP contribution in [-0.2, 0) is 10.2 Å². The molecule has 0 saturated carbocycles. The SMILES string of the molecule is Cc1cc(C)cc(C2Nc3sc(C(C)(C)C(=O)N4C5CCC4CC5)cc3C2CCN2CCC(N3CCN(C)CC3)C2)c1. The minimum atomic E-state index is -0.480. The highest BCUT2D eigenvalue weighted by molar-refractivity contribution is 7.16. The number of aryl methyl sites for hydroxylation is 2. The number of carbonyl (C=O) groups excluding carboxylic acids is 1. The summed E-state index contributed by atoms with van der Waals surface area (Å²) < 4.78 is 0. The zero-order valence-electron chi connectivity index (χ0n) is 26.5. The van der Waals surface area contributed by atoms with E-state index in [1.165, 1.54) is 104 Å². The van der Waals surface area contributed by atoms with Crippen LogP contribution in [0.25, 0.3) is 0 Å². The van der Waals surface area contributed by atoms with Crippen LogP contribution in [0.5, 0.6) is 0 Å². The number of rotatable bonds is 7. The molecule has 4 fully saturated rings. The number of benzene rings is 1. The van der Waals surface area contributed by atoms with E-state index in [9.17, 15) is 4.79 Å². The summed E-state index contributed by atoms with van der Waals surface area (Å²) in [6, 6.07) is 11.4. The Labute approximate surface area is 257 Å². The molecular formula is C35H51N5OS. The first-order valence-electron chi connectivity index (χ1n) is 16.6. The average Bonchev–Trinajstić information content (AvgIpc) is 3.78. The lowest BCUT2D eigenvalue weighted by molar-refractivity contribution is -0.137. The number of piperazine rings is 1. The van der Waals surface area contributed by atoms with Gasteiger partial charge < -0.3 is 20.0 Å². The fraction of sp³-hybridized carbons (Fsp3) is 0.686. The van der Waals surface area contributed by atoms with Crippen LogP contribution in [0, 0.1) is 13.8 Å². The van der Waals surface area contributed by atoms with Crippen LogP contribution in [0.3, 0.4) is 0 Å². The number of hydrogen-bond donors (Lipinski definition) is 1. The smallest absolute Gasteiger partial charge is 0.233 e. The normalized spacial score (nSPS) is 30.3. The number of fused-ring (bicyclic) bond motifs is 3. The van der Waals surface area contributed by atoms with Gasteiger partial charge in [0.1, 0.15) is 0 Å². The Morgan fingerprint density at radius 1 is 0.905 bits per heavy atom. The van der Waals surface area contributed by atoms with Gasteiger partial charge in [0.2, 0.25) is 5.91 Å². The first-order chi connectivity index (χ1) is 20.2. The van der Waals surface area contributed by atoms with Crippen molar-refractivity contribution >= 4 is 22.2 Å². The van der Waals surface area contributed by atoms with Crippen LogP contribution in [0.1, 0.15) is 91.5 Å². The fourth-order valence-electron chi connectivity index (χ4n) is 8.84. The van der Waals surface area contributed by atoms with Gasteiger partial charge in [0.15, 0.2) is 0 Å². The van der Waals surface area contributed by atoms with Crippen molar-refractivity contribution in [2.45, 2.75) is 102 Å². The third kappa shape index (κ3) is 5.22. The van der Waals surface area contributed by atoms with Gasteiger partial charge in [0.05, 0.1) is 16.5 Å². The van der Waals surface area contributed by atoms with Crippen molar-refractivity contribution in [1.29, 1.82) is 0 Å². The lowest BCUT2D eigenvalue weighted by Crippen LogP contribution is -2.49. The lowest BCUT2D eigenvalue weighted by atomic mass is 9.84. The number of carbonyl (C=O) groups is 1. The zero-order chi connectivity index (χ0) is 29.2. The minimum Gasteiger partial charge on any atom is -0.369 e. The molecule has 0 aliphatic carbocycles. The Morgan fingerprint density at radius 3 is 2.24 bits per heavy atom. The standard InChI is InChI=1S/C35H51N5OS/c1-23-18-24(2)20-25(19-23)32-29(11-13-38-12-10-28(22-38)39-16-14-37(5)15-17-39)30-21-31(42-33(30)36-32)35(3,4)34(41)40-26-6-7-27(40)9-8-26/h18-21,26-29,32,36H,6-17,22H2,1-5H3. The van der Waals surface area contributed by atoms with Crippen molar-refractivity contribution < 1.29 is 4.79 Å². The summed E-state index contributed by atoms with van der Waals surface area (Å²) in [5.41, 5.74) is 5.04. The van der Waals surface area contributed by atoms with Crippen molar-refractivity contribution in [1.82, 2.24) is 19.6 Å². The molecule has 6 nitrogen and oxygen atoms in total. The van der Waals surface area contributed by atoms with Crippen LogP contribution in [0.4, 0.5) is 5.00 Å². The van der Waals surface area contributed by atoms with Gasteiger partial charge in [-0.3, -0.25) is 9.69 Å². The molecule has 5 aliphatic heterocycles. The first kappa shape index (κ1) is 28.8. The van der Waals surface area contributed by atoms with Crippen LogP contribution >= 0.6 is 11.3 Å². The number of hydrogen-bond acceptors (Lipinski definition) is 6. The molecule has 2 aromatic rings. The van der Waals surface area contributed by atoms with Crippen LogP contribution in [-0.4, -0.2) is 96.5 Å². The molecule has 1 aromatic heterocycles. The Kier molecular flexibility index (Phi) is 7.69. The van der Waals surface area contributed by atoms with Gasteiger partial charge in [-0.15, -0.1) is 11.3 Å². The Balaban J connectivity index is 1.10. The first-order valence-corrected chi connectivity index (χ1v) is 17.5. The van der Waals surface area contributed by atoms with E-state index in [1.807, 2.05) is 11.3 Å². The maximum absolute atomic E-state index is 14.0. The average molecular weight is 590 g/mol. The highest BCUT2D eigenvalue weighted by Gasteiger charge is 2.48. The Hall–Kier alpha value is -1.93. The Bertz CT molecular complexity index is 1270. The van der Waals surface area contributed by atoms with E-state index in [0.717, 1.165) is 13.0 Å². The van der Waals surface area contributed by atoms with Gasteiger partial charge in [0.25, 0.3) is 0 Å². The second-order valence-corrected chi connectivity index (χ2v) is 15.8. The molecule has 7 rings (SSSR count). The van der Waals surface area contributed by atoms with Crippen molar-refractivity contribution in [2.75, 3.05) is 58.2 Å². The van der Waals surface area contributed by atoms with Crippen LogP contribution in [0.2, 0.25) is 0 Å². The van der Waals surface area contributed by atoms with E-state index in [0.29, 0.717) is 36.0 Å². The topological polar surface area (TPSA) is 42.1 Å². The highest BCUT2D eigenvalue weighted by atomic mass is 32.1. The molecule has 228 valence electrons. The Morgan fingerprint density at radius 2 is 1.57 bits per heavy atom. The number of likely N-dealkylation sites (tertiary alicyclic amines) is 1. The van der Waals surface area contributed by atoms with Gasteiger partial charge in [-0.05, 0) is 104 Å². The predicted molar refractivity (Wildman–Crippen MR) is 174 cm³/mol. The molecule has 0 spiro atoms. The molecule has 1 amide bonds. The zero-order valence-corrected chi connectivity index (χ0v) is 27.3. The summed E-state index contributed by atoms with van der Waals surface area (Å²) in [5.74, 6) is 0.768. The third-order valence-electron chi connectivity index (χ3n) is 11.3. The molecule has 5 aliphatic rings. The van der Waals surface area contributed by atoms with E-state index >= 15 is 0 Å². The molecule has 1 N–H and O–H groups in total. The number of likely N-dealkylation sites (N-methyl/N-ethyl adjacent to an activating group) is 1. The molecule has 4 saturated heterocycles. The minimum absolute atomic E-state index is 0.295. The number of nitrogens with one attached hydrogen (secondary N) is 1. The van der Waals surface area contributed by atoms with E-state index < -0.39 is 5.41 Å². The maximum atomic E-state index is 14.0. The monoisotopic (exact) mass is 589 g/mol. The van der Waals surface area contributed by atoms with Gasteiger partial charge in [0, 0.05) is 61.6 Å². The summed E-state index contributed by atoms with van der Waals surface area (Å²) in [6.07, 6.45) is 7.23. The second kappa shape index (κ2) is 11.2. The van der Waals surface area contributed by atoms with E-state index in [-0.39, 0.29) is 0 Å². The third-order valence-corrected chi connectivity index (χ3v) is 12.8. The van der Waals surface area contributed by atoms with E-state index in [4.69, 9.17) is 0 Å². The number of nitrogens with zero attached hydrogens (tertiary/aromatic N) is 4. The number of thiophene rings is 1. The second-order valence-electron chi connectivity index (χ2n) is 14.7. The van der Waals surface area contributed by atoms with Crippen LogP contribution < -0.4 is 5.32 Å². The molecule has 42 heavy (non-hydrogen) atoms. The molecule has 6 heterocycles. The van der Waals surface area contributed by atoms with Gasteiger partial charge >= 0.3 is 0 Å². The number of amides is 1. The molecule has 3 unspecified atom stereocenters. The summed E-state index contributed by atoms with van der Waals surface area (Å²) >= 11 is 1.84. The van der Waals surface area contributed by atoms with Crippen LogP contribution in [0.15, 0.2) is 24.3 Å². The van der Waals surface area contributed by atoms with Gasteiger partial charge in [-0.25, -0.2) is 0 Å². The summed E-state index contributed by atoms with van der Waals surface area (Å²) in [5, 5.41) is 5.28. The molecule has 7 heteroatoms. The van der Waals surface area contributed by atoms with Crippen molar-refractivity contribution in [3.63, 3.8) is 0 Å². The largest absolute Gasteiger partial charge is 0.369 e. The van der Waals surface area contributed by atoms with Crippen molar-refractivity contribution in [3.05, 3.63) is 51.4 Å². The lowest BCUT2D eigenvalue weighted by Gasteiger charge is -2.36. The van der Waals surface area contributed by atoms with Crippen molar-refractivity contribution in [2.24, 2.45) is 0 Å². The summed E-state index contributed by atoms with van der Waals surface area (Å²) in [4.78, 5) is 25.4. The molecular weight excluding hydrogens is 538 g/mol. The summed E-state index contributed by atoms with van der Waals surface area (Å²) in [6.45, 7) is 17.2. The quantitative estimate of drug-likeness (QED) is 0.445. The summed E-state index contributed by atoms with van der Waals surface area (Å²) in [7, 11) is 2.25. The molecule has 1 aromatic carbocycles. The predicted octanol–water partition coefficient (Wildman–Crippen LogP) is 5.76. The molecule has 3 atom stereocenters. The van der Waals surface area contributed by atoms with E-state index in [2.05, 4.69) is 83.9 Å². The molecule has 2 bridgehead atoms. The molecule has 0 radical (unpaired) electrons. The maximum Gasteiger partial charge on any atom is 0.233 e. The highest BCUT2D eigenvalue weighted by Crippen LogP contribution is 2.52. The van der Waals surface area contributed by atoms with Gasteiger partial charge in [-0.2, -0.15) is 0 Å². The van der Waals surface area contributed by atoms with Gasteiger partial charge in [-0.1, -0.05) is 29.3 Å². The fourth-order valence-corrected chi connectivity index (χ4v) is 10.1.